The molecule has 3 amide bonds. The van der Waals surface area contributed by atoms with Gasteiger partial charge in [-0.15, -0.1) is 11.8 Å². The smallest absolute Gasteiger partial charge is 0.365 e. The molecule has 0 aromatic carbocycles. The van der Waals surface area contributed by atoms with Gasteiger partial charge in [-0.05, 0) is 19.1 Å². The second-order valence-electron chi connectivity index (χ2n) is 8.00. The molecule has 2 aliphatic heterocycles. The fourth-order valence-electron chi connectivity index (χ4n) is 4.49. The maximum absolute atomic E-state index is 12.7. The third-order valence-electron chi connectivity index (χ3n) is 5.88. The Morgan fingerprint density at radius 3 is 2.91 bits per heavy atom. The van der Waals surface area contributed by atoms with Crippen LogP contribution in [-0.4, -0.2) is 63.2 Å². The largest absolute Gasteiger partial charge is 0.393 e. The summed E-state index contributed by atoms with van der Waals surface area (Å²) in [5.74, 6) is -0.617. The van der Waals surface area contributed by atoms with E-state index in [0.29, 0.717) is 23.6 Å². The second kappa shape index (κ2) is 9.77. The van der Waals surface area contributed by atoms with E-state index in [1.54, 1.807) is 23.5 Å². The van der Waals surface area contributed by atoms with Gasteiger partial charge >= 0.3 is 12.0 Å². The Labute approximate surface area is 202 Å². The first kappa shape index (κ1) is 24.2. The normalized spacial score (nSPS) is 22.7. The average Bonchev–Trinajstić information content (AvgIpc) is 3.29. The van der Waals surface area contributed by atoms with Crippen molar-refractivity contribution in [2.24, 2.45) is 22.2 Å². The number of hydrogen-bond donors (Lipinski definition) is 3. The minimum Gasteiger partial charge on any atom is -0.393 e. The van der Waals surface area contributed by atoms with Crippen molar-refractivity contribution in [2.45, 2.75) is 32.4 Å². The number of carbonyl (C=O) groups excluding carboxylic acids is 3. The minimum atomic E-state index is -0.823. The molecule has 3 unspecified atom stereocenters. The van der Waals surface area contributed by atoms with Crippen molar-refractivity contribution < 1.29 is 24.0 Å². The van der Waals surface area contributed by atoms with Crippen molar-refractivity contribution in [3.05, 3.63) is 40.7 Å². The summed E-state index contributed by atoms with van der Waals surface area (Å²) in [4.78, 5) is 43.4. The molecule has 0 saturated carbocycles. The molecule has 0 aliphatic carbocycles. The lowest BCUT2D eigenvalue weighted by molar-refractivity contribution is -0.162. The molecule has 0 spiro atoms. The fraction of sp³-hybridized carbons (Fsp3) is 0.400. The number of aromatic nitrogens is 2. The van der Waals surface area contributed by atoms with E-state index in [1.165, 1.54) is 16.7 Å². The SMILES string of the molecule is [B]N=POC(=O)C1=C(SCCc2cn3c(NC(N)=O)cccc3n2)[C@H](C)C2C(C(C)O)C(=O)N12. The van der Waals surface area contributed by atoms with E-state index >= 15 is 0 Å². The number of amides is 3. The summed E-state index contributed by atoms with van der Waals surface area (Å²) in [6.07, 6.45) is 1.55. The van der Waals surface area contributed by atoms with E-state index in [-0.39, 0.29) is 32.2 Å². The molecule has 2 radical (unpaired) electrons. The Bertz CT molecular complexity index is 1220. The van der Waals surface area contributed by atoms with E-state index in [9.17, 15) is 19.5 Å². The number of aliphatic hydroxyl groups is 1. The highest BCUT2D eigenvalue weighted by molar-refractivity contribution is 8.03. The van der Waals surface area contributed by atoms with E-state index in [4.69, 9.17) is 18.2 Å². The number of carbonyl (C=O) groups is 3. The number of anilines is 1. The number of pyridine rings is 1. The monoisotopic (exact) mass is 500 g/mol. The summed E-state index contributed by atoms with van der Waals surface area (Å²) in [5, 5.41) is 12.6. The van der Waals surface area contributed by atoms with Crippen molar-refractivity contribution in [2.75, 3.05) is 11.1 Å². The number of thioether (sulfide) groups is 1. The van der Waals surface area contributed by atoms with E-state index in [0.717, 1.165) is 10.6 Å². The van der Waals surface area contributed by atoms with Crippen LogP contribution < -0.4 is 11.1 Å². The number of hydrogen-bond acceptors (Lipinski definition) is 8. The number of imidazole rings is 1. The van der Waals surface area contributed by atoms with Crippen LogP contribution in [0.25, 0.3) is 5.65 Å². The highest BCUT2D eigenvalue weighted by atomic mass is 32.2. The van der Waals surface area contributed by atoms with Gasteiger partial charge < -0.3 is 24.9 Å². The zero-order valence-corrected chi connectivity index (χ0v) is 20.1. The molecular formula is C20H22BN6O5PS. The van der Waals surface area contributed by atoms with Gasteiger partial charge in [0.05, 0.1) is 23.8 Å². The number of rotatable bonds is 8. The van der Waals surface area contributed by atoms with E-state index in [2.05, 4.69) is 15.0 Å². The van der Waals surface area contributed by atoms with Crippen LogP contribution in [0, 0.1) is 11.8 Å². The van der Waals surface area contributed by atoms with Crippen LogP contribution in [0.2, 0.25) is 0 Å². The molecule has 4 rings (SSSR count). The molecule has 14 heteroatoms. The first-order valence-electron chi connectivity index (χ1n) is 10.5. The third-order valence-corrected chi connectivity index (χ3v) is 7.51. The van der Waals surface area contributed by atoms with Gasteiger partial charge in [0.25, 0.3) is 7.98 Å². The molecule has 0 bridgehead atoms. The van der Waals surface area contributed by atoms with Crippen molar-refractivity contribution in [1.82, 2.24) is 14.3 Å². The van der Waals surface area contributed by atoms with Crippen LogP contribution in [0.15, 0.2) is 39.7 Å². The molecule has 2 aromatic heterocycles. The van der Waals surface area contributed by atoms with Crippen LogP contribution in [0.5, 0.6) is 0 Å². The Balaban J connectivity index is 1.53. The molecule has 1 saturated heterocycles. The number of nitrogens with zero attached hydrogens (tertiary/aromatic N) is 4. The number of primary amides is 1. The number of aliphatic hydroxyl groups excluding tert-OH is 1. The van der Waals surface area contributed by atoms with Gasteiger partial charge in [0.2, 0.25) is 14.5 Å². The molecule has 4 heterocycles. The van der Waals surface area contributed by atoms with Crippen molar-refractivity contribution in [3.63, 3.8) is 0 Å². The number of fused-ring (bicyclic) bond motifs is 2. The van der Waals surface area contributed by atoms with Gasteiger partial charge in [0, 0.05) is 29.2 Å². The van der Waals surface area contributed by atoms with Crippen LogP contribution in [0.4, 0.5) is 10.6 Å². The van der Waals surface area contributed by atoms with Crippen LogP contribution >= 0.6 is 20.4 Å². The maximum Gasteiger partial charge on any atom is 0.365 e. The zero-order chi connectivity index (χ0) is 24.6. The summed E-state index contributed by atoms with van der Waals surface area (Å²) >= 11 is 1.44. The van der Waals surface area contributed by atoms with Crippen LogP contribution in [0.1, 0.15) is 19.5 Å². The average molecular weight is 500 g/mol. The molecule has 2 aromatic rings. The summed E-state index contributed by atoms with van der Waals surface area (Å²) < 4.78 is 10.1. The number of nitrogens with one attached hydrogen (secondary N) is 1. The molecule has 4 atom stereocenters. The second-order valence-corrected chi connectivity index (χ2v) is 9.72. The Kier molecular flexibility index (Phi) is 6.97. The molecule has 1 fully saturated rings. The summed E-state index contributed by atoms with van der Waals surface area (Å²) in [7, 11) is 5.01. The van der Waals surface area contributed by atoms with E-state index < -0.39 is 24.0 Å². The van der Waals surface area contributed by atoms with Gasteiger partial charge in [0.1, 0.15) is 17.2 Å². The predicted molar refractivity (Wildman–Crippen MR) is 128 cm³/mol. The Hall–Kier alpha value is -2.89. The topological polar surface area (TPSA) is 152 Å². The molecule has 176 valence electrons. The number of urea groups is 1. The van der Waals surface area contributed by atoms with Gasteiger partial charge in [-0.2, -0.15) is 0 Å². The summed E-state index contributed by atoms with van der Waals surface area (Å²) in [6, 6.07) is 4.32. The quantitative estimate of drug-likeness (QED) is 0.284. The van der Waals surface area contributed by atoms with Crippen molar-refractivity contribution in [3.8, 4) is 0 Å². The lowest BCUT2D eigenvalue weighted by Crippen LogP contribution is -2.63. The predicted octanol–water partition coefficient (Wildman–Crippen LogP) is 1.84. The Morgan fingerprint density at radius 2 is 2.24 bits per heavy atom. The van der Waals surface area contributed by atoms with Gasteiger partial charge in [-0.25, -0.2) is 14.6 Å². The fourth-order valence-corrected chi connectivity index (χ4v) is 5.94. The summed E-state index contributed by atoms with van der Waals surface area (Å²) in [6.45, 7) is 3.51. The van der Waals surface area contributed by atoms with Crippen molar-refractivity contribution >= 4 is 57.7 Å². The summed E-state index contributed by atoms with van der Waals surface area (Å²) in [5.41, 5.74) is 6.85. The number of nitrogens with two attached hydrogens (primary N) is 1. The van der Waals surface area contributed by atoms with Crippen LogP contribution in [0.3, 0.4) is 0 Å². The van der Waals surface area contributed by atoms with Gasteiger partial charge in [-0.1, -0.05) is 13.0 Å². The Morgan fingerprint density at radius 1 is 1.47 bits per heavy atom. The van der Waals surface area contributed by atoms with Crippen LogP contribution in [-0.2, 0) is 20.5 Å². The number of aryl methyl sites for hydroxylation is 1. The number of β-lactam (4-membered cyclic amide) rings is 1. The van der Waals surface area contributed by atoms with Crippen molar-refractivity contribution in [1.29, 1.82) is 0 Å². The lowest BCUT2D eigenvalue weighted by atomic mass is 9.79. The highest BCUT2D eigenvalue weighted by Gasteiger charge is 2.60. The molecule has 34 heavy (non-hydrogen) atoms. The van der Waals surface area contributed by atoms with Gasteiger partial charge in [-0.3, -0.25) is 14.5 Å². The first-order valence-corrected chi connectivity index (χ1v) is 12.2. The minimum absolute atomic E-state index is 0.0631. The lowest BCUT2D eigenvalue weighted by Gasteiger charge is -2.46. The highest BCUT2D eigenvalue weighted by Crippen LogP contribution is 2.51. The third kappa shape index (κ3) is 4.31. The first-order chi connectivity index (χ1) is 16.2. The maximum atomic E-state index is 12.7. The molecule has 11 nitrogen and oxygen atoms in total. The molecule has 2 aliphatic rings. The molecule has 4 N–H and O–H groups in total. The molecular weight excluding hydrogens is 478 g/mol. The zero-order valence-electron chi connectivity index (χ0n) is 18.4. The van der Waals surface area contributed by atoms with E-state index in [1.807, 2.05) is 19.2 Å². The standard InChI is InChI=1S/C20H22BN6O5PS/c1-9-15-14(10(2)28)18(29)27(15)16(19(30)32-33-25-21)17(9)34-7-6-11-8-26-12(23-11)4-3-5-13(26)24-20(22)31/h3-5,8-10,14-15,28H,6-7H2,1-2H3,(H3,22,24,31)/t9-,10?,14?,15?/m1/s1. The van der Waals surface area contributed by atoms with Gasteiger partial charge in [0.15, 0.2) is 0 Å².